The number of nitrogens with two attached hydrogens (primary N) is 1. The molecule has 1 rings (SSSR count). The van der Waals surface area contributed by atoms with E-state index in [4.69, 9.17) is 10.8 Å². The first-order valence-electron chi connectivity index (χ1n) is 4.21. The lowest BCUT2D eigenvalue weighted by Gasteiger charge is -2.01. The first-order chi connectivity index (χ1) is 6.15. The predicted octanol–water partition coefficient (Wildman–Crippen LogP) is 0.964. The van der Waals surface area contributed by atoms with Gasteiger partial charge < -0.3 is 10.8 Å². The topological polar surface area (TPSA) is 81.1 Å². The molecule has 0 radical (unpaired) electrons. The zero-order valence-corrected chi connectivity index (χ0v) is 7.53. The summed E-state index contributed by atoms with van der Waals surface area (Å²) in [4.78, 5) is 10.7. The first-order valence-corrected chi connectivity index (χ1v) is 4.21. The Morgan fingerprint density at radius 2 is 2.46 bits per heavy atom. The third-order valence-corrected chi connectivity index (χ3v) is 1.74. The molecule has 0 aromatic carbocycles. The van der Waals surface area contributed by atoms with Gasteiger partial charge in [0, 0.05) is 12.6 Å². The van der Waals surface area contributed by atoms with Crippen molar-refractivity contribution in [1.82, 2.24) is 9.78 Å². The van der Waals surface area contributed by atoms with Gasteiger partial charge in [-0.2, -0.15) is 5.10 Å². The number of carbonyl (C=O) groups is 1. The molecule has 0 fully saturated rings. The molecule has 0 aliphatic carbocycles. The quantitative estimate of drug-likeness (QED) is 0.728. The Balaban J connectivity index is 2.84. The summed E-state index contributed by atoms with van der Waals surface area (Å²) >= 11 is 0. The van der Waals surface area contributed by atoms with Gasteiger partial charge in [-0.3, -0.25) is 4.68 Å². The highest BCUT2D eigenvalue weighted by Gasteiger charge is 2.11. The van der Waals surface area contributed by atoms with Gasteiger partial charge in [0.1, 0.15) is 11.5 Å². The minimum atomic E-state index is -0.986. The van der Waals surface area contributed by atoms with Gasteiger partial charge in [-0.25, -0.2) is 4.79 Å². The smallest absolute Gasteiger partial charge is 0.354 e. The van der Waals surface area contributed by atoms with E-state index in [1.807, 2.05) is 6.92 Å². The molecule has 0 aliphatic heterocycles. The Kier molecular flexibility index (Phi) is 2.89. The van der Waals surface area contributed by atoms with Gasteiger partial charge in [-0.05, 0) is 6.42 Å². The Hall–Kier alpha value is -1.52. The van der Waals surface area contributed by atoms with E-state index in [2.05, 4.69) is 5.10 Å². The molecule has 5 heteroatoms. The van der Waals surface area contributed by atoms with E-state index in [1.54, 1.807) is 0 Å². The maximum atomic E-state index is 10.7. The number of hydrogen-bond donors (Lipinski definition) is 2. The third kappa shape index (κ3) is 2.21. The summed E-state index contributed by atoms with van der Waals surface area (Å²) in [6.07, 6.45) is 1.90. The number of aromatic carboxylic acids is 1. The fourth-order valence-electron chi connectivity index (χ4n) is 1.09. The summed E-state index contributed by atoms with van der Waals surface area (Å²) in [6, 6.07) is 1.37. The number of aryl methyl sites for hydroxylation is 1. The molecule has 13 heavy (non-hydrogen) atoms. The highest BCUT2D eigenvalue weighted by molar-refractivity contribution is 5.86. The van der Waals surface area contributed by atoms with Gasteiger partial charge in [-0.15, -0.1) is 0 Å². The van der Waals surface area contributed by atoms with Crippen LogP contribution in [0.2, 0.25) is 0 Å². The number of rotatable bonds is 4. The number of hydrogen-bond acceptors (Lipinski definition) is 3. The van der Waals surface area contributed by atoms with Crippen molar-refractivity contribution in [2.45, 2.75) is 26.3 Å². The molecule has 1 aromatic rings. The van der Waals surface area contributed by atoms with Crippen molar-refractivity contribution in [3.8, 4) is 0 Å². The monoisotopic (exact) mass is 183 g/mol. The molecule has 0 aliphatic rings. The van der Waals surface area contributed by atoms with Gasteiger partial charge in [0.25, 0.3) is 0 Å². The second-order valence-corrected chi connectivity index (χ2v) is 2.84. The Labute approximate surface area is 76.2 Å². The van der Waals surface area contributed by atoms with Crippen LogP contribution in [0.4, 0.5) is 5.82 Å². The third-order valence-electron chi connectivity index (χ3n) is 1.74. The van der Waals surface area contributed by atoms with Gasteiger partial charge >= 0.3 is 5.97 Å². The molecule has 0 bridgehead atoms. The van der Waals surface area contributed by atoms with Gasteiger partial charge in [-0.1, -0.05) is 13.3 Å². The number of carboxylic acid groups (broad SMARTS) is 1. The van der Waals surface area contributed by atoms with Crippen molar-refractivity contribution in [2.24, 2.45) is 0 Å². The van der Waals surface area contributed by atoms with Crippen molar-refractivity contribution in [3.63, 3.8) is 0 Å². The van der Waals surface area contributed by atoms with E-state index < -0.39 is 5.97 Å². The first kappa shape index (κ1) is 9.57. The van der Waals surface area contributed by atoms with Crippen molar-refractivity contribution in [2.75, 3.05) is 5.73 Å². The molecule has 1 aromatic heterocycles. The molecule has 0 spiro atoms. The van der Waals surface area contributed by atoms with Crippen LogP contribution in [0.25, 0.3) is 0 Å². The maximum Gasteiger partial charge on any atom is 0.354 e. The molecule has 3 N–H and O–H groups in total. The van der Waals surface area contributed by atoms with E-state index in [0.717, 1.165) is 12.8 Å². The number of anilines is 1. The fourth-order valence-corrected chi connectivity index (χ4v) is 1.09. The standard InChI is InChI=1S/C8H13N3O2/c1-2-3-4-11-6(8(12)13)5-7(9)10-11/h5H,2-4H2,1H3,(H2,9,10)(H,12,13). The van der Waals surface area contributed by atoms with Crippen LogP contribution in [0.1, 0.15) is 30.3 Å². The van der Waals surface area contributed by atoms with Crippen LogP contribution >= 0.6 is 0 Å². The number of aromatic nitrogens is 2. The molecule has 5 nitrogen and oxygen atoms in total. The zero-order valence-electron chi connectivity index (χ0n) is 7.53. The molecule has 0 amide bonds. The second kappa shape index (κ2) is 3.93. The van der Waals surface area contributed by atoms with Crippen LogP contribution in [0.15, 0.2) is 6.07 Å². The Bertz CT molecular complexity index is 306. The fraction of sp³-hybridized carbons (Fsp3) is 0.500. The number of nitrogen functional groups attached to an aromatic ring is 1. The Morgan fingerprint density at radius 1 is 1.77 bits per heavy atom. The summed E-state index contributed by atoms with van der Waals surface area (Å²) in [5, 5.41) is 12.6. The van der Waals surface area contributed by atoms with E-state index in [-0.39, 0.29) is 11.5 Å². The number of unbranched alkanes of at least 4 members (excludes halogenated alkanes) is 1. The van der Waals surface area contributed by atoms with Crippen molar-refractivity contribution in [3.05, 3.63) is 11.8 Å². The summed E-state index contributed by atoms with van der Waals surface area (Å²) in [5.74, 6) is -0.728. The lowest BCUT2D eigenvalue weighted by molar-refractivity contribution is 0.0683. The zero-order chi connectivity index (χ0) is 9.84. The average Bonchev–Trinajstić information content (AvgIpc) is 2.43. The van der Waals surface area contributed by atoms with Crippen LogP contribution in [-0.2, 0) is 6.54 Å². The average molecular weight is 183 g/mol. The highest BCUT2D eigenvalue weighted by Crippen LogP contribution is 2.07. The summed E-state index contributed by atoms with van der Waals surface area (Å²) in [5.41, 5.74) is 5.55. The van der Waals surface area contributed by atoms with Crippen LogP contribution in [0, 0.1) is 0 Å². The minimum absolute atomic E-state index is 0.158. The maximum absolute atomic E-state index is 10.7. The van der Waals surface area contributed by atoms with Crippen LogP contribution < -0.4 is 5.73 Å². The van der Waals surface area contributed by atoms with Crippen LogP contribution in [-0.4, -0.2) is 20.9 Å². The predicted molar refractivity (Wildman–Crippen MR) is 48.5 cm³/mol. The largest absolute Gasteiger partial charge is 0.477 e. The van der Waals surface area contributed by atoms with E-state index >= 15 is 0 Å². The summed E-state index contributed by atoms with van der Waals surface area (Å²) in [7, 11) is 0. The lowest BCUT2D eigenvalue weighted by Crippen LogP contribution is -2.09. The SMILES string of the molecule is CCCCn1nc(N)cc1C(=O)O. The molecule has 1 heterocycles. The van der Waals surface area contributed by atoms with E-state index in [0.29, 0.717) is 6.54 Å². The number of carboxylic acids is 1. The molecular formula is C8H13N3O2. The highest BCUT2D eigenvalue weighted by atomic mass is 16.4. The Morgan fingerprint density at radius 3 is 3.00 bits per heavy atom. The second-order valence-electron chi connectivity index (χ2n) is 2.84. The minimum Gasteiger partial charge on any atom is -0.477 e. The van der Waals surface area contributed by atoms with Crippen molar-refractivity contribution >= 4 is 11.8 Å². The number of nitrogens with zero attached hydrogens (tertiary/aromatic N) is 2. The molecule has 72 valence electrons. The van der Waals surface area contributed by atoms with E-state index in [1.165, 1.54) is 10.7 Å². The summed E-state index contributed by atoms with van der Waals surface area (Å²) < 4.78 is 1.43. The van der Waals surface area contributed by atoms with E-state index in [9.17, 15) is 4.79 Å². The molecule has 0 saturated heterocycles. The van der Waals surface area contributed by atoms with Gasteiger partial charge in [0.05, 0.1) is 0 Å². The van der Waals surface area contributed by atoms with Crippen molar-refractivity contribution < 1.29 is 9.90 Å². The molecular weight excluding hydrogens is 170 g/mol. The molecule has 0 unspecified atom stereocenters. The van der Waals surface area contributed by atoms with Crippen LogP contribution in [0.3, 0.4) is 0 Å². The summed E-state index contributed by atoms with van der Waals surface area (Å²) in [6.45, 7) is 2.64. The molecule has 0 atom stereocenters. The normalized spacial score (nSPS) is 10.2. The van der Waals surface area contributed by atoms with Crippen molar-refractivity contribution in [1.29, 1.82) is 0 Å². The molecule has 0 saturated carbocycles. The van der Waals surface area contributed by atoms with Gasteiger partial charge in [0.2, 0.25) is 0 Å². The lowest BCUT2D eigenvalue weighted by atomic mass is 10.3. The van der Waals surface area contributed by atoms with Crippen LogP contribution in [0.5, 0.6) is 0 Å². The van der Waals surface area contributed by atoms with Gasteiger partial charge in [0.15, 0.2) is 0 Å².